The van der Waals surface area contributed by atoms with E-state index in [4.69, 9.17) is 4.74 Å². The first kappa shape index (κ1) is 19.5. The molecule has 144 valence electrons. The first-order valence-electron chi connectivity index (χ1n) is 8.98. The number of hydrogen-bond donors (Lipinski definition) is 1. The molecule has 0 saturated heterocycles. The Kier molecular flexibility index (Phi) is 5.99. The number of halogens is 1. The van der Waals surface area contributed by atoms with Gasteiger partial charge in [-0.05, 0) is 50.6 Å². The van der Waals surface area contributed by atoms with Crippen molar-refractivity contribution in [2.24, 2.45) is 0 Å². The summed E-state index contributed by atoms with van der Waals surface area (Å²) in [5.74, 6) is 0.212. The average Bonchev–Trinajstić information content (AvgIpc) is 2.69. The Morgan fingerprint density at radius 1 is 1.00 bits per heavy atom. The van der Waals surface area contributed by atoms with E-state index in [2.05, 4.69) is 15.3 Å². The van der Waals surface area contributed by atoms with Gasteiger partial charge in [-0.2, -0.15) is 4.98 Å². The van der Waals surface area contributed by atoms with Crippen LogP contribution in [0, 0.1) is 26.6 Å². The zero-order valence-electron chi connectivity index (χ0n) is 16.1. The summed E-state index contributed by atoms with van der Waals surface area (Å²) in [5, 5.41) is 2.83. The fraction of sp³-hybridized carbons (Fsp3) is 0.227. The van der Waals surface area contributed by atoms with Gasteiger partial charge in [-0.1, -0.05) is 29.8 Å². The Hall–Kier alpha value is -3.28. The Morgan fingerprint density at radius 2 is 1.68 bits per heavy atom. The van der Waals surface area contributed by atoms with Gasteiger partial charge in [-0.3, -0.25) is 4.79 Å². The minimum absolute atomic E-state index is 0.147. The van der Waals surface area contributed by atoms with E-state index in [1.165, 1.54) is 17.7 Å². The molecule has 28 heavy (non-hydrogen) atoms. The summed E-state index contributed by atoms with van der Waals surface area (Å²) < 4.78 is 18.8. The number of rotatable bonds is 6. The van der Waals surface area contributed by atoms with Crippen LogP contribution in [0.25, 0.3) is 11.4 Å². The predicted molar refractivity (Wildman–Crippen MR) is 105 cm³/mol. The molecule has 0 aliphatic carbocycles. The van der Waals surface area contributed by atoms with Gasteiger partial charge in [0.25, 0.3) is 5.91 Å². The lowest BCUT2D eigenvalue weighted by molar-refractivity contribution is -0.123. The first-order chi connectivity index (χ1) is 13.4. The van der Waals surface area contributed by atoms with Gasteiger partial charge < -0.3 is 10.1 Å². The highest BCUT2D eigenvalue weighted by Crippen LogP contribution is 2.23. The molecule has 1 N–H and O–H groups in total. The number of benzene rings is 2. The molecule has 0 aliphatic heterocycles. The van der Waals surface area contributed by atoms with E-state index in [0.717, 1.165) is 16.8 Å². The van der Waals surface area contributed by atoms with E-state index in [0.29, 0.717) is 23.8 Å². The van der Waals surface area contributed by atoms with Crippen molar-refractivity contribution in [3.8, 4) is 17.3 Å². The lowest BCUT2D eigenvalue weighted by Crippen LogP contribution is -2.28. The molecule has 1 aromatic heterocycles. The monoisotopic (exact) mass is 379 g/mol. The fourth-order valence-corrected chi connectivity index (χ4v) is 2.56. The number of nitrogens with zero attached hydrogens (tertiary/aromatic N) is 2. The second-order valence-electron chi connectivity index (χ2n) is 6.62. The number of ether oxygens (including phenoxy) is 1. The Morgan fingerprint density at radius 3 is 2.36 bits per heavy atom. The van der Waals surface area contributed by atoms with Crippen molar-refractivity contribution in [1.82, 2.24) is 15.3 Å². The van der Waals surface area contributed by atoms with Crippen molar-refractivity contribution in [2.45, 2.75) is 27.3 Å². The molecule has 0 bridgehead atoms. The SMILES string of the molecule is Cc1ccc(CNC(=O)COc2nc(-c3ccc(F)cc3)nc(C)c2C)cc1. The molecule has 1 amide bonds. The molecule has 6 heteroatoms. The van der Waals surface area contributed by atoms with Crippen molar-refractivity contribution < 1.29 is 13.9 Å². The number of nitrogens with one attached hydrogen (secondary N) is 1. The van der Waals surface area contributed by atoms with Crippen LogP contribution in [0.5, 0.6) is 5.88 Å². The summed E-state index contributed by atoms with van der Waals surface area (Å²) in [7, 11) is 0. The Balaban J connectivity index is 1.65. The van der Waals surface area contributed by atoms with E-state index in [9.17, 15) is 9.18 Å². The molecular formula is C22H22FN3O2. The van der Waals surface area contributed by atoms with Crippen LogP contribution in [-0.4, -0.2) is 22.5 Å². The maximum absolute atomic E-state index is 13.1. The summed E-state index contributed by atoms with van der Waals surface area (Å²) in [6.45, 7) is 5.98. The normalized spacial score (nSPS) is 10.6. The molecule has 0 spiro atoms. The van der Waals surface area contributed by atoms with Crippen LogP contribution in [0.4, 0.5) is 4.39 Å². The second kappa shape index (κ2) is 8.61. The largest absolute Gasteiger partial charge is 0.467 e. The van der Waals surface area contributed by atoms with Gasteiger partial charge >= 0.3 is 0 Å². The number of carbonyl (C=O) groups excluding carboxylic acids is 1. The van der Waals surface area contributed by atoms with Gasteiger partial charge in [0.1, 0.15) is 5.82 Å². The van der Waals surface area contributed by atoms with Crippen molar-refractivity contribution >= 4 is 5.91 Å². The second-order valence-corrected chi connectivity index (χ2v) is 6.62. The lowest BCUT2D eigenvalue weighted by atomic mass is 10.1. The molecular weight excluding hydrogens is 357 g/mol. The molecule has 5 nitrogen and oxygen atoms in total. The molecule has 0 unspecified atom stereocenters. The Bertz CT molecular complexity index is 970. The third-order valence-corrected chi connectivity index (χ3v) is 4.40. The van der Waals surface area contributed by atoms with Gasteiger partial charge in [-0.15, -0.1) is 0 Å². The highest BCUT2D eigenvalue weighted by atomic mass is 19.1. The molecule has 0 fully saturated rings. The molecule has 0 aliphatic rings. The van der Waals surface area contributed by atoms with E-state index >= 15 is 0 Å². The standard InChI is InChI=1S/C22H22FN3O2/c1-14-4-6-17(7-5-14)12-24-20(27)13-28-22-15(2)16(3)25-21(26-22)18-8-10-19(23)11-9-18/h4-11H,12-13H2,1-3H3,(H,24,27). The minimum atomic E-state index is -0.325. The van der Waals surface area contributed by atoms with Crippen LogP contribution in [0.15, 0.2) is 48.5 Å². The molecule has 0 atom stereocenters. The number of amides is 1. The predicted octanol–water partition coefficient (Wildman–Crippen LogP) is 3.90. The lowest BCUT2D eigenvalue weighted by Gasteiger charge is -2.12. The third kappa shape index (κ3) is 4.91. The van der Waals surface area contributed by atoms with Gasteiger partial charge in [0.15, 0.2) is 12.4 Å². The molecule has 3 rings (SSSR count). The van der Waals surface area contributed by atoms with E-state index in [1.807, 2.05) is 45.0 Å². The van der Waals surface area contributed by atoms with Gasteiger partial charge in [0, 0.05) is 23.4 Å². The molecule has 1 heterocycles. The number of aryl methyl sites for hydroxylation is 2. The minimum Gasteiger partial charge on any atom is -0.467 e. The van der Waals surface area contributed by atoms with Crippen LogP contribution in [0.3, 0.4) is 0 Å². The van der Waals surface area contributed by atoms with E-state index in [1.54, 1.807) is 12.1 Å². The maximum atomic E-state index is 13.1. The summed E-state index contributed by atoms with van der Waals surface area (Å²) in [6, 6.07) is 13.9. The molecule has 0 radical (unpaired) electrons. The van der Waals surface area contributed by atoms with Gasteiger partial charge in [0.05, 0.1) is 0 Å². The maximum Gasteiger partial charge on any atom is 0.258 e. The van der Waals surface area contributed by atoms with Crippen LogP contribution in [-0.2, 0) is 11.3 Å². The van der Waals surface area contributed by atoms with Crippen LogP contribution < -0.4 is 10.1 Å². The summed E-state index contributed by atoms with van der Waals surface area (Å²) >= 11 is 0. The number of hydrogen-bond acceptors (Lipinski definition) is 4. The van der Waals surface area contributed by atoms with Crippen LogP contribution in [0.1, 0.15) is 22.4 Å². The van der Waals surface area contributed by atoms with E-state index in [-0.39, 0.29) is 18.3 Å². The Labute approximate surface area is 163 Å². The molecule has 2 aromatic carbocycles. The number of aromatic nitrogens is 2. The zero-order chi connectivity index (χ0) is 20.1. The van der Waals surface area contributed by atoms with Crippen molar-refractivity contribution in [3.63, 3.8) is 0 Å². The quantitative estimate of drug-likeness (QED) is 0.705. The average molecular weight is 379 g/mol. The van der Waals surface area contributed by atoms with Gasteiger partial charge in [-0.25, -0.2) is 9.37 Å². The molecule has 3 aromatic rings. The van der Waals surface area contributed by atoms with Gasteiger partial charge in [0.2, 0.25) is 5.88 Å². The van der Waals surface area contributed by atoms with Crippen LogP contribution >= 0.6 is 0 Å². The topological polar surface area (TPSA) is 64.1 Å². The smallest absolute Gasteiger partial charge is 0.258 e. The summed E-state index contributed by atoms with van der Waals surface area (Å²) in [4.78, 5) is 21.0. The molecule has 0 saturated carbocycles. The van der Waals surface area contributed by atoms with E-state index < -0.39 is 0 Å². The first-order valence-corrected chi connectivity index (χ1v) is 8.98. The zero-order valence-corrected chi connectivity index (χ0v) is 16.1. The highest BCUT2D eigenvalue weighted by Gasteiger charge is 2.12. The van der Waals surface area contributed by atoms with Crippen LogP contribution in [0.2, 0.25) is 0 Å². The fourth-order valence-electron chi connectivity index (χ4n) is 2.56. The van der Waals surface area contributed by atoms with Crippen molar-refractivity contribution in [1.29, 1.82) is 0 Å². The summed E-state index contributed by atoms with van der Waals surface area (Å²) in [5.41, 5.74) is 4.37. The summed E-state index contributed by atoms with van der Waals surface area (Å²) in [6.07, 6.45) is 0. The third-order valence-electron chi connectivity index (χ3n) is 4.40. The number of carbonyl (C=O) groups is 1. The highest BCUT2D eigenvalue weighted by molar-refractivity contribution is 5.77. The van der Waals surface area contributed by atoms with Crippen molar-refractivity contribution in [3.05, 3.63) is 76.7 Å². The van der Waals surface area contributed by atoms with Crippen molar-refractivity contribution in [2.75, 3.05) is 6.61 Å².